The number of anilines is 2. The summed E-state index contributed by atoms with van der Waals surface area (Å²) in [6.45, 7) is 0.194. The summed E-state index contributed by atoms with van der Waals surface area (Å²) in [5.74, 6) is -2.95. The Morgan fingerprint density at radius 2 is 1.93 bits per heavy atom. The fraction of sp³-hybridized carbons (Fsp3) is 0.286. The summed E-state index contributed by atoms with van der Waals surface area (Å²) >= 11 is 1.49. The number of nitrogens with one attached hydrogen (secondary N) is 3. The zero-order valence-electron chi connectivity index (χ0n) is 22.3. The van der Waals surface area contributed by atoms with Crippen LogP contribution in [0.3, 0.4) is 0 Å². The Hall–Kier alpha value is -3.65. The molecule has 1 aliphatic heterocycles. The van der Waals surface area contributed by atoms with Crippen molar-refractivity contribution >= 4 is 76.1 Å². The summed E-state index contributed by atoms with van der Waals surface area (Å²) in [6.07, 6.45) is -0.639. The molecule has 2 aromatic carbocycles. The Kier molecular flexibility index (Phi) is 11.7. The molecule has 2 heterocycles. The third-order valence-electron chi connectivity index (χ3n) is 6.51. The van der Waals surface area contributed by atoms with Crippen molar-refractivity contribution < 1.29 is 38.1 Å². The van der Waals surface area contributed by atoms with E-state index in [0.717, 1.165) is 15.8 Å². The summed E-state index contributed by atoms with van der Waals surface area (Å²) < 4.78 is 25.4. The Bertz CT molecular complexity index is 1440. The second kappa shape index (κ2) is 15.0. The summed E-state index contributed by atoms with van der Waals surface area (Å²) in [4.78, 5) is 52.1. The number of carbonyl (C=O) groups is 4. The molecule has 0 bridgehead atoms. The van der Waals surface area contributed by atoms with Crippen LogP contribution in [0.4, 0.5) is 20.6 Å². The van der Waals surface area contributed by atoms with E-state index in [4.69, 9.17) is 9.47 Å². The molecule has 1 fully saturated rings. The monoisotopic (exact) mass is 608 g/mol. The van der Waals surface area contributed by atoms with Gasteiger partial charge in [-0.05, 0) is 41.8 Å². The fourth-order valence-corrected chi connectivity index (χ4v) is 5.12. The first-order valence-electron chi connectivity index (χ1n) is 12.6. The van der Waals surface area contributed by atoms with Crippen molar-refractivity contribution in [3.05, 3.63) is 70.2 Å². The average Bonchev–Trinajstić information content (AvgIpc) is 3.62. The molecule has 0 saturated carbocycles. The molecule has 2 atom stereocenters. The van der Waals surface area contributed by atoms with E-state index in [1.54, 1.807) is 18.2 Å². The number of ether oxygens (including phenoxy) is 2. The van der Waals surface area contributed by atoms with E-state index in [1.165, 1.54) is 37.7 Å². The maximum absolute atomic E-state index is 14.8. The van der Waals surface area contributed by atoms with Gasteiger partial charge in [0.25, 0.3) is 0 Å². The molecule has 0 spiro atoms. The Morgan fingerprint density at radius 1 is 1.14 bits per heavy atom. The topological polar surface area (TPSA) is 146 Å². The van der Waals surface area contributed by atoms with Gasteiger partial charge in [0.2, 0.25) is 11.8 Å². The zero-order valence-corrected chi connectivity index (χ0v) is 23.1. The van der Waals surface area contributed by atoms with Crippen molar-refractivity contribution in [2.45, 2.75) is 25.4 Å². The number of aliphatic carboxylic acids is 1. The Morgan fingerprint density at radius 3 is 2.60 bits per heavy atom. The summed E-state index contributed by atoms with van der Waals surface area (Å²) in [5, 5.41) is 19.4. The number of benzene rings is 2. The van der Waals surface area contributed by atoms with Crippen LogP contribution >= 0.6 is 11.3 Å². The second-order valence-electron chi connectivity index (χ2n) is 9.23. The SMILES string of the molecule is COc1ccc(C(CC(=O)O)NC(=O)C2CC(=O)N(c3cc(NC(=O)NCc4cccs4)ccc3F)C2)c(OC)c1.[NaH]. The zero-order chi connectivity index (χ0) is 29.5. The van der Waals surface area contributed by atoms with E-state index in [2.05, 4.69) is 16.0 Å². The molecular formula is C28H30FN4NaO7S. The van der Waals surface area contributed by atoms with Crippen LogP contribution in [0, 0.1) is 11.7 Å². The van der Waals surface area contributed by atoms with Crippen LogP contribution in [0.2, 0.25) is 0 Å². The van der Waals surface area contributed by atoms with Crippen molar-refractivity contribution in [2.24, 2.45) is 5.92 Å². The van der Waals surface area contributed by atoms with Gasteiger partial charge in [-0.15, -0.1) is 11.3 Å². The van der Waals surface area contributed by atoms with Crippen LogP contribution < -0.4 is 30.3 Å². The van der Waals surface area contributed by atoms with Gasteiger partial charge in [-0.2, -0.15) is 0 Å². The van der Waals surface area contributed by atoms with Gasteiger partial charge in [-0.3, -0.25) is 14.4 Å². The number of halogens is 1. The number of rotatable bonds is 11. The normalized spacial score (nSPS) is 14.9. The number of hydrogen-bond acceptors (Lipinski definition) is 7. The Balaban J connectivity index is 0.00000484. The Labute approximate surface area is 267 Å². The molecule has 14 heteroatoms. The molecular weight excluding hydrogens is 578 g/mol. The molecule has 3 aromatic rings. The standard InChI is InChI=1S/C28H29FN4O7S.Na.H/c1-39-18-6-7-20(24(12-18)40-2)22(13-26(35)36)32-27(37)16-10-25(34)33(15-16)23-11-17(5-8-21(23)29)31-28(38)30-14-19-4-3-9-41-19;;/h3-9,11-12,16,22H,10,13-15H2,1-2H3,(H,32,37)(H,35,36)(H2,30,31,38);;. The van der Waals surface area contributed by atoms with E-state index in [9.17, 15) is 28.7 Å². The van der Waals surface area contributed by atoms with Crippen LogP contribution in [0.15, 0.2) is 53.9 Å². The van der Waals surface area contributed by atoms with Crippen LogP contribution in [0.25, 0.3) is 0 Å². The van der Waals surface area contributed by atoms with Crippen LogP contribution in [0.1, 0.15) is 29.3 Å². The van der Waals surface area contributed by atoms with Crippen molar-refractivity contribution in [1.82, 2.24) is 10.6 Å². The van der Waals surface area contributed by atoms with E-state index in [0.29, 0.717) is 23.6 Å². The van der Waals surface area contributed by atoms with Gasteiger partial charge in [0.1, 0.15) is 17.3 Å². The second-order valence-corrected chi connectivity index (χ2v) is 10.3. The molecule has 2 unspecified atom stereocenters. The van der Waals surface area contributed by atoms with E-state index < -0.39 is 48.0 Å². The number of nitrogens with zero attached hydrogens (tertiary/aromatic N) is 1. The van der Waals surface area contributed by atoms with Gasteiger partial charge in [-0.1, -0.05) is 6.07 Å². The van der Waals surface area contributed by atoms with Gasteiger partial charge in [-0.25, -0.2) is 9.18 Å². The minimum atomic E-state index is -1.15. The van der Waals surface area contributed by atoms with Gasteiger partial charge >= 0.3 is 41.6 Å². The number of carboxylic acid groups (broad SMARTS) is 1. The number of carbonyl (C=O) groups excluding carboxylic acids is 3. The first-order valence-corrected chi connectivity index (χ1v) is 13.5. The third-order valence-corrected chi connectivity index (χ3v) is 7.38. The predicted molar refractivity (Wildman–Crippen MR) is 157 cm³/mol. The number of methoxy groups -OCH3 is 2. The van der Waals surface area contributed by atoms with Crippen molar-refractivity contribution in [3.63, 3.8) is 0 Å². The van der Waals surface area contributed by atoms with Gasteiger partial charge in [0.05, 0.1) is 44.8 Å². The van der Waals surface area contributed by atoms with Gasteiger partial charge < -0.3 is 35.4 Å². The molecule has 218 valence electrons. The van der Waals surface area contributed by atoms with E-state index in [-0.39, 0.29) is 53.9 Å². The summed E-state index contributed by atoms with van der Waals surface area (Å²) in [7, 11) is 2.89. The predicted octanol–water partition coefficient (Wildman–Crippen LogP) is 3.26. The quantitative estimate of drug-likeness (QED) is 0.245. The van der Waals surface area contributed by atoms with Crippen molar-refractivity contribution in [1.29, 1.82) is 0 Å². The summed E-state index contributed by atoms with van der Waals surface area (Å²) in [5.41, 5.74) is 0.603. The third kappa shape index (κ3) is 8.22. The number of carboxylic acids is 1. The van der Waals surface area contributed by atoms with Gasteiger partial charge in [0, 0.05) is 35.2 Å². The van der Waals surface area contributed by atoms with E-state index in [1.807, 2.05) is 17.5 Å². The van der Waals surface area contributed by atoms with Crippen LogP contribution in [-0.4, -0.2) is 79.2 Å². The molecule has 1 aliphatic rings. The summed E-state index contributed by atoms with van der Waals surface area (Å²) in [6, 6.07) is 10.9. The van der Waals surface area contributed by atoms with E-state index >= 15 is 0 Å². The molecule has 1 aromatic heterocycles. The number of hydrogen-bond donors (Lipinski definition) is 4. The van der Waals surface area contributed by atoms with Crippen LogP contribution in [0.5, 0.6) is 11.5 Å². The molecule has 4 N–H and O–H groups in total. The molecule has 11 nitrogen and oxygen atoms in total. The number of urea groups is 1. The fourth-order valence-electron chi connectivity index (χ4n) is 4.48. The first-order chi connectivity index (χ1) is 19.7. The molecule has 1 saturated heterocycles. The maximum atomic E-state index is 14.8. The van der Waals surface area contributed by atoms with Gasteiger partial charge in [0.15, 0.2) is 0 Å². The molecule has 42 heavy (non-hydrogen) atoms. The molecule has 4 rings (SSSR count). The van der Waals surface area contributed by atoms with Crippen molar-refractivity contribution in [2.75, 3.05) is 31.0 Å². The molecule has 0 aliphatic carbocycles. The molecule has 0 radical (unpaired) electrons. The minimum absolute atomic E-state index is 0. The van der Waals surface area contributed by atoms with Crippen molar-refractivity contribution in [3.8, 4) is 11.5 Å². The van der Waals surface area contributed by atoms with Crippen LogP contribution in [-0.2, 0) is 20.9 Å². The first kappa shape index (κ1) is 32.9. The number of thiophene rings is 1. The molecule has 4 amide bonds. The number of amides is 4. The average molecular weight is 609 g/mol.